The molecule has 0 aliphatic carbocycles. The quantitative estimate of drug-likeness (QED) is 0.634. The molecule has 2 N–H and O–H groups in total. The molecule has 0 fully saturated rings. The number of rotatable bonds is 6. The van der Waals surface area contributed by atoms with Crippen molar-refractivity contribution < 1.29 is 19.5 Å². The number of methoxy groups -OCH3 is 1. The third-order valence-electron chi connectivity index (χ3n) is 3.59. The minimum atomic E-state index is -1.87. The molecular weight excluding hydrogens is 294 g/mol. The molecular formula is C18H21NO4. The zero-order valence-electron chi connectivity index (χ0n) is 13.4. The van der Waals surface area contributed by atoms with E-state index in [0.29, 0.717) is 11.1 Å². The summed E-state index contributed by atoms with van der Waals surface area (Å²) in [5, 5.41) is 11.2. The Morgan fingerprint density at radius 1 is 0.957 bits per heavy atom. The summed E-state index contributed by atoms with van der Waals surface area (Å²) in [5.41, 5.74) is 1.32. The van der Waals surface area contributed by atoms with Crippen LogP contribution in [0.3, 0.4) is 0 Å². The van der Waals surface area contributed by atoms with Gasteiger partial charge >= 0.3 is 0 Å². The van der Waals surface area contributed by atoms with Gasteiger partial charge in [-0.05, 0) is 25.0 Å². The summed E-state index contributed by atoms with van der Waals surface area (Å²) >= 11 is 0. The smallest absolute Gasteiger partial charge is 0.285 e. The lowest BCUT2D eigenvalue weighted by molar-refractivity contribution is -0.236. The summed E-state index contributed by atoms with van der Waals surface area (Å²) in [4.78, 5) is 17.9. The lowest BCUT2D eigenvalue weighted by Gasteiger charge is -2.30. The lowest BCUT2D eigenvalue weighted by atomic mass is 9.86. The van der Waals surface area contributed by atoms with Crippen LogP contribution in [0.15, 0.2) is 60.7 Å². The van der Waals surface area contributed by atoms with Gasteiger partial charge in [0.25, 0.3) is 5.91 Å². The fourth-order valence-corrected chi connectivity index (χ4v) is 2.07. The Bertz CT molecular complexity index is 601. The number of nitrogens with one attached hydrogen (secondary N) is 1. The maximum Gasteiger partial charge on any atom is 0.285 e. The predicted octanol–water partition coefficient (Wildman–Crippen LogP) is 2.35. The first-order valence-corrected chi connectivity index (χ1v) is 7.27. The highest BCUT2D eigenvalue weighted by atomic mass is 16.8. The van der Waals surface area contributed by atoms with Gasteiger partial charge in [0, 0.05) is 7.11 Å². The van der Waals surface area contributed by atoms with Crippen molar-refractivity contribution in [2.75, 3.05) is 7.11 Å². The number of carbonyl (C=O) groups excluding carboxylic acids is 1. The van der Waals surface area contributed by atoms with E-state index in [4.69, 9.17) is 9.57 Å². The van der Waals surface area contributed by atoms with E-state index >= 15 is 0 Å². The second-order valence-corrected chi connectivity index (χ2v) is 5.58. The van der Waals surface area contributed by atoms with E-state index in [1.54, 1.807) is 62.4 Å². The molecule has 0 aliphatic heterocycles. The van der Waals surface area contributed by atoms with Crippen LogP contribution < -0.4 is 5.48 Å². The fourth-order valence-electron chi connectivity index (χ4n) is 2.07. The number of benzene rings is 2. The zero-order valence-corrected chi connectivity index (χ0v) is 13.4. The molecule has 0 radical (unpaired) electrons. The first-order chi connectivity index (χ1) is 10.9. The van der Waals surface area contributed by atoms with E-state index in [0.717, 1.165) is 0 Å². The molecule has 0 aromatic heterocycles. The van der Waals surface area contributed by atoms with Crippen molar-refractivity contribution in [1.29, 1.82) is 0 Å². The average Bonchev–Trinajstić information content (AvgIpc) is 2.60. The van der Waals surface area contributed by atoms with Crippen molar-refractivity contribution in [3.8, 4) is 0 Å². The van der Waals surface area contributed by atoms with E-state index in [1.807, 2.05) is 12.1 Å². The number of hydrogen-bond acceptors (Lipinski definition) is 4. The molecule has 0 saturated heterocycles. The molecule has 0 atom stereocenters. The van der Waals surface area contributed by atoms with Crippen molar-refractivity contribution in [3.05, 3.63) is 71.8 Å². The normalized spacial score (nSPS) is 12.0. The third kappa shape index (κ3) is 3.76. The van der Waals surface area contributed by atoms with Gasteiger partial charge < -0.3 is 9.84 Å². The highest BCUT2D eigenvalue weighted by Gasteiger charge is 2.40. The highest BCUT2D eigenvalue weighted by Crippen LogP contribution is 2.30. The van der Waals surface area contributed by atoms with Gasteiger partial charge in [-0.25, -0.2) is 10.3 Å². The summed E-state index contributed by atoms with van der Waals surface area (Å²) in [6, 6.07) is 17.4. The van der Waals surface area contributed by atoms with Crippen LogP contribution in [0.1, 0.15) is 25.0 Å². The Balaban J connectivity index is 2.37. The molecule has 0 unspecified atom stereocenters. The second-order valence-electron chi connectivity index (χ2n) is 5.58. The van der Waals surface area contributed by atoms with Gasteiger partial charge in [-0.2, -0.15) is 0 Å². The average molecular weight is 315 g/mol. The van der Waals surface area contributed by atoms with E-state index in [1.165, 1.54) is 7.11 Å². The molecule has 0 heterocycles. The fraction of sp³-hybridized carbons (Fsp3) is 0.278. The summed E-state index contributed by atoms with van der Waals surface area (Å²) in [5.74, 6) is -1.70. The molecule has 1 amide bonds. The van der Waals surface area contributed by atoms with Crippen LogP contribution in [0.5, 0.6) is 0 Å². The molecule has 0 spiro atoms. The molecule has 23 heavy (non-hydrogen) atoms. The van der Waals surface area contributed by atoms with Crippen LogP contribution in [-0.2, 0) is 20.0 Å². The van der Waals surface area contributed by atoms with Gasteiger partial charge in [0.1, 0.15) is 0 Å². The Labute approximate surface area is 135 Å². The molecule has 0 saturated carbocycles. The molecule has 0 aliphatic rings. The topological polar surface area (TPSA) is 67.8 Å². The predicted molar refractivity (Wildman–Crippen MR) is 86.2 cm³/mol. The van der Waals surface area contributed by atoms with Crippen LogP contribution in [0.25, 0.3) is 0 Å². The maximum absolute atomic E-state index is 12.7. The summed E-state index contributed by atoms with van der Waals surface area (Å²) in [6.45, 7) is 3.30. The van der Waals surface area contributed by atoms with E-state index < -0.39 is 17.3 Å². The van der Waals surface area contributed by atoms with Gasteiger partial charge in [0.15, 0.2) is 11.4 Å². The van der Waals surface area contributed by atoms with E-state index in [-0.39, 0.29) is 0 Å². The number of ether oxygens (including phenoxy) is 1. The number of aliphatic hydroxyl groups is 1. The number of amides is 1. The Hall–Kier alpha value is -2.21. The number of hydrogen-bond donors (Lipinski definition) is 2. The molecule has 5 heteroatoms. The minimum Gasteiger partial charge on any atom is -0.372 e. The summed E-state index contributed by atoms with van der Waals surface area (Å²) in [6.07, 6.45) is 0. The van der Waals surface area contributed by atoms with Crippen LogP contribution >= 0.6 is 0 Å². The summed E-state index contributed by atoms with van der Waals surface area (Å²) < 4.78 is 5.09. The molecule has 5 nitrogen and oxygen atoms in total. The van der Waals surface area contributed by atoms with Crippen molar-refractivity contribution >= 4 is 5.91 Å². The van der Waals surface area contributed by atoms with Crippen molar-refractivity contribution in [2.24, 2.45) is 0 Å². The Morgan fingerprint density at radius 3 is 1.78 bits per heavy atom. The van der Waals surface area contributed by atoms with Crippen LogP contribution in [0, 0.1) is 0 Å². The standard InChI is InChI=1S/C18H21NO4/c1-17(2,22-3)23-19-16(20)18(21,14-10-6-4-7-11-14)15-12-8-5-9-13-15/h4-13,21H,1-3H3,(H,19,20). The van der Waals surface area contributed by atoms with Gasteiger partial charge in [-0.1, -0.05) is 60.7 Å². The highest BCUT2D eigenvalue weighted by molar-refractivity contribution is 5.89. The van der Waals surface area contributed by atoms with E-state index in [9.17, 15) is 9.90 Å². The van der Waals surface area contributed by atoms with Crippen molar-refractivity contribution in [3.63, 3.8) is 0 Å². The third-order valence-corrected chi connectivity index (χ3v) is 3.59. The minimum absolute atomic E-state index is 0.447. The molecule has 2 aromatic carbocycles. The van der Waals surface area contributed by atoms with Crippen LogP contribution in [-0.4, -0.2) is 23.9 Å². The monoisotopic (exact) mass is 315 g/mol. The van der Waals surface area contributed by atoms with Crippen molar-refractivity contribution in [2.45, 2.75) is 25.2 Å². The van der Waals surface area contributed by atoms with Crippen molar-refractivity contribution in [1.82, 2.24) is 5.48 Å². The largest absolute Gasteiger partial charge is 0.372 e. The Kier molecular flexibility index (Phi) is 5.15. The maximum atomic E-state index is 12.7. The van der Waals surface area contributed by atoms with E-state index in [2.05, 4.69) is 5.48 Å². The molecule has 2 aromatic rings. The first-order valence-electron chi connectivity index (χ1n) is 7.27. The number of carbonyl (C=O) groups is 1. The van der Waals surface area contributed by atoms with Crippen LogP contribution in [0.2, 0.25) is 0 Å². The first kappa shape index (κ1) is 17.1. The van der Waals surface area contributed by atoms with Gasteiger partial charge in [-0.3, -0.25) is 4.79 Å². The SMILES string of the molecule is COC(C)(C)ONC(=O)C(O)(c1ccccc1)c1ccccc1. The van der Waals surface area contributed by atoms with Crippen LogP contribution in [0.4, 0.5) is 0 Å². The zero-order chi connectivity index (χ0) is 16.9. The lowest BCUT2D eigenvalue weighted by Crippen LogP contribution is -2.48. The second kappa shape index (κ2) is 6.91. The van der Waals surface area contributed by atoms with Gasteiger partial charge in [0.2, 0.25) is 0 Å². The molecule has 2 rings (SSSR count). The molecule has 122 valence electrons. The Morgan fingerprint density at radius 2 is 1.39 bits per heavy atom. The van der Waals surface area contributed by atoms with Gasteiger partial charge in [-0.15, -0.1) is 0 Å². The number of hydroxylamine groups is 1. The summed E-state index contributed by atoms with van der Waals surface area (Å²) in [7, 11) is 1.47. The van der Waals surface area contributed by atoms with Gasteiger partial charge in [0.05, 0.1) is 0 Å². The molecule has 0 bridgehead atoms.